The molecule has 3 rings (SSSR count). The Hall–Kier alpha value is -2.84. The number of aromatic nitrogens is 4. The Morgan fingerprint density at radius 2 is 1.62 bits per heavy atom. The highest BCUT2D eigenvalue weighted by Gasteiger charge is 2.38. The van der Waals surface area contributed by atoms with Crippen molar-refractivity contribution in [1.29, 1.82) is 0 Å². The molecule has 2 heterocycles. The van der Waals surface area contributed by atoms with Gasteiger partial charge in [0.05, 0.1) is 11.0 Å². The van der Waals surface area contributed by atoms with Gasteiger partial charge in [0.25, 0.3) is 0 Å². The van der Waals surface area contributed by atoms with Gasteiger partial charge in [-0.1, -0.05) is 12.1 Å². The number of H-pyrrole nitrogens is 1. The van der Waals surface area contributed by atoms with Gasteiger partial charge in [0, 0.05) is 0 Å². The molecule has 0 saturated carbocycles. The predicted molar refractivity (Wildman–Crippen MR) is 70.9 cm³/mol. The second-order valence-corrected chi connectivity index (χ2v) is 4.30. The summed E-state index contributed by atoms with van der Waals surface area (Å²) in [7, 11) is 0. The number of rotatable bonds is 1. The lowest BCUT2D eigenvalue weighted by molar-refractivity contribution is -0.140. The van der Waals surface area contributed by atoms with E-state index in [0.717, 1.165) is 0 Å². The van der Waals surface area contributed by atoms with Crippen LogP contribution < -0.4 is 11.5 Å². The Kier molecular flexibility index (Phi) is 2.71. The van der Waals surface area contributed by atoms with Crippen LogP contribution in [0.1, 0.15) is 5.69 Å². The molecule has 0 radical (unpaired) electrons. The van der Waals surface area contributed by atoms with Gasteiger partial charge in [0.15, 0.2) is 11.5 Å². The van der Waals surface area contributed by atoms with Crippen molar-refractivity contribution < 1.29 is 13.2 Å². The van der Waals surface area contributed by atoms with Gasteiger partial charge < -0.3 is 11.5 Å². The lowest BCUT2D eigenvalue weighted by atomic mass is 10.2. The van der Waals surface area contributed by atoms with Crippen LogP contribution in [0.25, 0.3) is 22.4 Å². The molecule has 1 aromatic carbocycles. The Balaban J connectivity index is 2.36. The van der Waals surface area contributed by atoms with Crippen LogP contribution in [0.15, 0.2) is 24.3 Å². The molecule has 0 aliphatic rings. The topological polar surface area (TPSA) is 106 Å². The molecule has 0 aliphatic heterocycles. The van der Waals surface area contributed by atoms with Gasteiger partial charge in [-0.2, -0.15) is 18.3 Å². The molecule has 2 aromatic heterocycles. The van der Waals surface area contributed by atoms with Gasteiger partial charge in [-0.05, 0) is 12.1 Å². The molecule has 0 saturated heterocycles. The summed E-state index contributed by atoms with van der Waals surface area (Å²) >= 11 is 0. The summed E-state index contributed by atoms with van der Waals surface area (Å²) in [6.07, 6.45) is -4.68. The van der Waals surface area contributed by atoms with E-state index in [9.17, 15) is 13.2 Å². The van der Waals surface area contributed by atoms with Crippen LogP contribution >= 0.6 is 0 Å². The first-order chi connectivity index (χ1) is 9.88. The van der Waals surface area contributed by atoms with Crippen LogP contribution in [0.4, 0.5) is 24.7 Å². The summed E-state index contributed by atoms with van der Waals surface area (Å²) in [6.45, 7) is 0. The number of anilines is 2. The number of nitrogens with one attached hydrogen (secondary N) is 1. The van der Waals surface area contributed by atoms with Crippen LogP contribution in [0.5, 0.6) is 0 Å². The first-order valence-electron chi connectivity index (χ1n) is 5.81. The molecule has 0 spiro atoms. The molecule has 0 aliphatic carbocycles. The number of para-hydroxylation sites is 2. The Bertz CT molecular complexity index is 823. The van der Waals surface area contributed by atoms with E-state index < -0.39 is 17.6 Å². The fourth-order valence-electron chi connectivity index (χ4n) is 1.92. The highest BCUT2D eigenvalue weighted by molar-refractivity contribution is 5.83. The fourth-order valence-corrected chi connectivity index (χ4v) is 1.92. The minimum atomic E-state index is -4.68. The summed E-state index contributed by atoms with van der Waals surface area (Å²) in [4.78, 5) is 7.64. The van der Waals surface area contributed by atoms with Crippen molar-refractivity contribution >= 4 is 22.5 Å². The van der Waals surface area contributed by atoms with Crippen LogP contribution in [-0.2, 0) is 6.18 Å². The molecule has 5 N–H and O–H groups in total. The predicted octanol–water partition coefficient (Wildman–Crippen LogP) is 2.20. The van der Waals surface area contributed by atoms with Gasteiger partial charge in [-0.3, -0.25) is 5.10 Å². The van der Waals surface area contributed by atoms with Crippen LogP contribution in [-0.4, -0.2) is 20.2 Å². The van der Waals surface area contributed by atoms with Gasteiger partial charge in [-0.15, -0.1) is 0 Å². The zero-order chi connectivity index (χ0) is 15.2. The smallest absolute Gasteiger partial charge is 0.394 e. The quantitative estimate of drug-likeness (QED) is 0.638. The van der Waals surface area contributed by atoms with E-state index in [-0.39, 0.29) is 22.7 Å². The maximum atomic E-state index is 13.2. The summed E-state index contributed by atoms with van der Waals surface area (Å²) in [5.41, 5.74) is 9.78. The molecule has 108 valence electrons. The second kappa shape index (κ2) is 4.33. The molecule has 0 fully saturated rings. The number of fused-ring (bicyclic) bond motifs is 1. The number of halogens is 3. The SMILES string of the molecule is Nc1n[nH]c(-c2nc3ccccc3nc2C(F)(F)F)c1N. The average Bonchev–Trinajstić information content (AvgIpc) is 2.76. The number of hydrogen-bond donors (Lipinski definition) is 3. The number of benzene rings is 1. The second-order valence-electron chi connectivity index (χ2n) is 4.30. The summed E-state index contributed by atoms with van der Waals surface area (Å²) in [5.74, 6) is -0.0897. The van der Waals surface area contributed by atoms with E-state index in [0.29, 0.717) is 5.52 Å². The number of nitrogens with zero attached hydrogens (tertiary/aromatic N) is 3. The average molecular weight is 294 g/mol. The number of aromatic amines is 1. The van der Waals surface area contributed by atoms with Crippen molar-refractivity contribution in [2.45, 2.75) is 6.18 Å². The van der Waals surface area contributed by atoms with Crippen molar-refractivity contribution in [2.75, 3.05) is 11.5 Å². The molecule has 0 atom stereocenters. The van der Waals surface area contributed by atoms with Gasteiger partial charge in [-0.25, -0.2) is 9.97 Å². The lowest BCUT2D eigenvalue weighted by Gasteiger charge is -2.11. The van der Waals surface area contributed by atoms with Crippen molar-refractivity contribution in [1.82, 2.24) is 20.2 Å². The zero-order valence-corrected chi connectivity index (χ0v) is 10.4. The standard InChI is InChI=1S/C12H9F3N6/c13-12(14,15)10-9(8-7(16)11(17)21-20-8)18-5-3-1-2-4-6(5)19-10/h1-4H,16H2,(H3,17,20,21). The van der Waals surface area contributed by atoms with Crippen LogP contribution in [0, 0.1) is 0 Å². The maximum absolute atomic E-state index is 13.2. The van der Waals surface area contributed by atoms with Gasteiger partial charge >= 0.3 is 6.18 Å². The Labute approximate surface area is 116 Å². The largest absolute Gasteiger partial charge is 0.435 e. The monoisotopic (exact) mass is 294 g/mol. The zero-order valence-electron chi connectivity index (χ0n) is 10.4. The van der Waals surface area contributed by atoms with Crippen molar-refractivity contribution in [3.05, 3.63) is 30.0 Å². The summed E-state index contributed by atoms with van der Waals surface area (Å²) in [6, 6.07) is 6.24. The molecular weight excluding hydrogens is 285 g/mol. The van der Waals surface area contributed by atoms with Crippen LogP contribution in [0.3, 0.4) is 0 Å². The van der Waals surface area contributed by atoms with E-state index in [1.807, 2.05) is 0 Å². The molecule has 9 heteroatoms. The minimum absolute atomic E-state index is 0.0897. The molecule has 3 aromatic rings. The fraction of sp³-hybridized carbons (Fsp3) is 0.0833. The third kappa shape index (κ3) is 2.12. The normalized spacial score (nSPS) is 12.0. The first kappa shape index (κ1) is 13.2. The van der Waals surface area contributed by atoms with E-state index in [4.69, 9.17) is 11.5 Å². The van der Waals surface area contributed by atoms with E-state index in [1.54, 1.807) is 18.2 Å². The molecule has 6 nitrogen and oxygen atoms in total. The molecular formula is C12H9F3N6. The van der Waals surface area contributed by atoms with Crippen molar-refractivity contribution in [2.24, 2.45) is 0 Å². The molecule has 0 unspecified atom stereocenters. The van der Waals surface area contributed by atoms with E-state index in [1.165, 1.54) is 6.07 Å². The van der Waals surface area contributed by atoms with Gasteiger partial charge in [0.1, 0.15) is 17.1 Å². The maximum Gasteiger partial charge on any atom is 0.435 e. The summed E-state index contributed by atoms with van der Waals surface area (Å²) in [5, 5.41) is 5.95. The van der Waals surface area contributed by atoms with Gasteiger partial charge in [0.2, 0.25) is 0 Å². The molecule has 0 amide bonds. The Morgan fingerprint density at radius 1 is 1.00 bits per heavy atom. The van der Waals surface area contributed by atoms with E-state index in [2.05, 4.69) is 20.2 Å². The highest BCUT2D eigenvalue weighted by atomic mass is 19.4. The number of hydrogen-bond acceptors (Lipinski definition) is 5. The minimum Gasteiger partial charge on any atom is -0.394 e. The van der Waals surface area contributed by atoms with Crippen molar-refractivity contribution in [3.8, 4) is 11.4 Å². The van der Waals surface area contributed by atoms with E-state index >= 15 is 0 Å². The number of alkyl halides is 3. The lowest BCUT2D eigenvalue weighted by Crippen LogP contribution is -2.12. The summed E-state index contributed by atoms with van der Waals surface area (Å²) < 4.78 is 39.6. The molecule has 21 heavy (non-hydrogen) atoms. The first-order valence-corrected chi connectivity index (χ1v) is 5.81. The third-order valence-electron chi connectivity index (χ3n) is 2.91. The van der Waals surface area contributed by atoms with Crippen LogP contribution in [0.2, 0.25) is 0 Å². The number of nitrogen functional groups attached to an aromatic ring is 2. The molecule has 0 bridgehead atoms. The Morgan fingerprint density at radius 3 is 2.14 bits per heavy atom. The third-order valence-corrected chi connectivity index (χ3v) is 2.91. The van der Waals surface area contributed by atoms with Crippen molar-refractivity contribution in [3.63, 3.8) is 0 Å². The number of nitrogens with two attached hydrogens (primary N) is 2. The highest BCUT2D eigenvalue weighted by Crippen LogP contribution is 2.37.